The van der Waals surface area contributed by atoms with Crippen LogP contribution in [0.15, 0.2) is 33.4 Å². The largest absolute Gasteiger partial charge is 0.468 e. The van der Waals surface area contributed by atoms with Crippen LogP contribution >= 0.6 is 0 Å². The lowest BCUT2D eigenvalue weighted by Crippen LogP contribution is -2.48. The smallest absolute Gasteiger partial charge is 0.276 e. The molecular formula is C14H17N3O3. The number of hydrogen-bond donors (Lipinski definition) is 0. The Hall–Kier alpha value is -2.08. The first-order chi connectivity index (χ1) is 9.72. The summed E-state index contributed by atoms with van der Waals surface area (Å²) in [6.07, 6.45) is 1.68. The number of amides is 1. The second kappa shape index (κ2) is 5.50. The molecule has 0 bridgehead atoms. The van der Waals surface area contributed by atoms with Gasteiger partial charge >= 0.3 is 0 Å². The first-order valence-electron chi connectivity index (χ1n) is 6.70. The molecule has 20 heavy (non-hydrogen) atoms. The maximum Gasteiger partial charge on any atom is 0.276 e. The van der Waals surface area contributed by atoms with E-state index in [1.807, 2.05) is 17.0 Å². The van der Waals surface area contributed by atoms with Gasteiger partial charge in [-0.2, -0.15) is 0 Å². The third kappa shape index (κ3) is 2.75. The molecule has 0 aromatic carbocycles. The fourth-order valence-corrected chi connectivity index (χ4v) is 2.36. The van der Waals surface area contributed by atoms with E-state index in [2.05, 4.69) is 10.1 Å². The van der Waals surface area contributed by atoms with Gasteiger partial charge in [0, 0.05) is 32.2 Å². The van der Waals surface area contributed by atoms with Gasteiger partial charge in [0.25, 0.3) is 5.91 Å². The minimum absolute atomic E-state index is 0.0560. The van der Waals surface area contributed by atoms with E-state index in [1.54, 1.807) is 19.3 Å². The van der Waals surface area contributed by atoms with Crippen molar-refractivity contribution in [3.05, 3.63) is 41.7 Å². The van der Waals surface area contributed by atoms with Gasteiger partial charge in [-0.25, -0.2) is 0 Å². The number of rotatable bonds is 3. The molecule has 0 radical (unpaired) electrons. The Morgan fingerprint density at radius 2 is 2.15 bits per heavy atom. The van der Waals surface area contributed by atoms with Gasteiger partial charge in [-0.1, -0.05) is 5.16 Å². The summed E-state index contributed by atoms with van der Waals surface area (Å²) in [5, 5.41) is 3.78. The lowest BCUT2D eigenvalue weighted by molar-refractivity contribution is 0.0610. The van der Waals surface area contributed by atoms with Crippen LogP contribution in [0.2, 0.25) is 0 Å². The summed E-state index contributed by atoms with van der Waals surface area (Å²) < 4.78 is 10.3. The lowest BCUT2D eigenvalue weighted by atomic mass is 10.2. The highest BCUT2D eigenvalue weighted by molar-refractivity contribution is 5.92. The van der Waals surface area contributed by atoms with Crippen molar-refractivity contribution in [3.8, 4) is 0 Å². The van der Waals surface area contributed by atoms with Crippen molar-refractivity contribution in [1.82, 2.24) is 15.0 Å². The molecule has 6 heteroatoms. The number of hydrogen-bond acceptors (Lipinski definition) is 5. The normalized spacial score (nSPS) is 16.6. The predicted octanol–water partition coefficient (Wildman–Crippen LogP) is 1.53. The molecule has 0 atom stereocenters. The van der Waals surface area contributed by atoms with Gasteiger partial charge in [0.15, 0.2) is 5.69 Å². The van der Waals surface area contributed by atoms with Crippen molar-refractivity contribution >= 4 is 5.91 Å². The van der Waals surface area contributed by atoms with Crippen molar-refractivity contribution in [3.63, 3.8) is 0 Å². The zero-order valence-electron chi connectivity index (χ0n) is 11.4. The van der Waals surface area contributed by atoms with Crippen molar-refractivity contribution in [2.75, 3.05) is 26.2 Å². The van der Waals surface area contributed by atoms with Gasteiger partial charge in [0.1, 0.15) is 11.5 Å². The zero-order chi connectivity index (χ0) is 13.9. The molecule has 1 saturated heterocycles. The second-order valence-corrected chi connectivity index (χ2v) is 4.97. The van der Waals surface area contributed by atoms with E-state index >= 15 is 0 Å². The van der Waals surface area contributed by atoms with Crippen molar-refractivity contribution in [2.45, 2.75) is 13.5 Å². The van der Waals surface area contributed by atoms with Crippen LogP contribution in [0.4, 0.5) is 0 Å². The van der Waals surface area contributed by atoms with Crippen molar-refractivity contribution in [1.29, 1.82) is 0 Å². The van der Waals surface area contributed by atoms with Crippen LogP contribution in [0.25, 0.3) is 0 Å². The number of aryl methyl sites for hydroxylation is 1. The molecule has 6 nitrogen and oxygen atoms in total. The van der Waals surface area contributed by atoms with Crippen molar-refractivity contribution in [2.24, 2.45) is 0 Å². The number of carbonyl (C=O) groups is 1. The van der Waals surface area contributed by atoms with Crippen LogP contribution in [-0.2, 0) is 6.54 Å². The Morgan fingerprint density at radius 1 is 1.35 bits per heavy atom. The van der Waals surface area contributed by atoms with Gasteiger partial charge in [-0.3, -0.25) is 9.69 Å². The van der Waals surface area contributed by atoms with E-state index < -0.39 is 0 Å². The SMILES string of the molecule is Cc1cc(C(=O)N2CCN(Cc3ccco3)CC2)no1. The molecule has 0 N–H and O–H groups in total. The molecule has 0 spiro atoms. The predicted molar refractivity (Wildman–Crippen MR) is 71.1 cm³/mol. The summed E-state index contributed by atoms with van der Waals surface area (Å²) >= 11 is 0. The van der Waals surface area contributed by atoms with Crippen LogP contribution < -0.4 is 0 Å². The Balaban J connectivity index is 1.54. The number of furan rings is 1. The molecule has 2 aromatic rings. The molecular weight excluding hydrogens is 258 g/mol. The number of nitrogens with zero attached hydrogens (tertiary/aromatic N) is 3. The summed E-state index contributed by atoms with van der Waals surface area (Å²) in [6.45, 7) is 5.65. The summed E-state index contributed by atoms with van der Waals surface area (Å²) in [4.78, 5) is 16.3. The molecule has 3 heterocycles. The van der Waals surface area contributed by atoms with Crippen LogP contribution in [0.1, 0.15) is 22.0 Å². The number of carbonyl (C=O) groups excluding carboxylic acids is 1. The molecule has 0 aliphatic carbocycles. The maximum atomic E-state index is 12.2. The van der Waals surface area contributed by atoms with E-state index in [4.69, 9.17) is 8.94 Å². The minimum atomic E-state index is -0.0560. The molecule has 0 saturated carbocycles. The van der Waals surface area contributed by atoms with E-state index in [0.717, 1.165) is 25.4 Å². The van der Waals surface area contributed by atoms with Gasteiger partial charge in [-0.15, -0.1) is 0 Å². The topological polar surface area (TPSA) is 62.7 Å². The lowest BCUT2D eigenvalue weighted by Gasteiger charge is -2.33. The summed E-state index contributed by atoms with van der Waals surface area (Å²) in [6, 6.07) is 5.54. The Bertz CT molecular complexity index is 568. The maximum absolute atomic E-state index is 12.2. The fraction of sp³-hybridized carbons (Fsp3) is 0.429. The van der Waals surface area contributed by atoms with Gasteiger partial charge < -0.3 is 13.8 Å². The van der Waals surface area contributed by atoms with E-state index in [9.17, 15) is 4.79 Å². The molecule has 3 rings (SSSR count). The first kappa shape index (κ1) is 12.9. The number of piperazine rings is 1. The summed E-state index contributed by atoms with van der Waals surface area (Å²) in [7, 11) is 0. The highest BCUT2D eigenvalue weighted by Crippen LogP contribution is 2.12. The quantitative estimate of drug-likeness (QED) is 0.850. The number of aromatic nitrogens is 1. The zero-order valence-corrected chi connectivity index (χ0v) is 11.4. The molecule has 1 fully saturated rings. The molecule has 1 amide bonds. The van der Waals surface area contributed by atoms with E-state index in [0.29, 0.717) is 24.5 Å². The average Bonchev–Trinajstić information content (AvgIpc) is 3.10. The third-order valence-electron chi connectivity index (χ3n) is 3.47. The summed E-state index contributed by atoms with van der Waals surface area (Å²) in [5.41, 5.74) is 0.391. The van der Waals surface area contributed by atoms with E-state index in [1.165, 1.54) is 0 Å². The fourth-order valence-electron chi connectivity index (χ4n) is 2.36. The highest BCUT2D eigenvalue weighted by Gasteiger charge is 2.24. The highest BCUT2D eigenvalue weighted by atomic mass is 16.5. The van der Waals surface area contributed by atoms with Crippen LogP contribution in [0.3, 0.4) is 0 Å². The van der Waals surface area contributed by atoms with Crippen molar-refractivity contribution < 1.29 is 13.7 Å². The van der Waals surface area contributed by atoms with Gasteiger partial charge in [-0.05, 0) is 19.1 Å². The van der Waals surface area contributed by atoms with E-state index in [-0.39, 0.29) is 5.91 Å². The average molecular weight is 275 g/mol. The Kier molecular flexibility index (Phi) is 3.56. The monoisotopic (exact) mass is 275 g/mol. The van der Waals surface area contributed by atoms with Crippen LogP contribution in [-0.4, -0.2) is 47.0 Å². The van der Waals surface area contributed by atoms with Crippen LogP contribution in [0.5, 0.6) is 0 Å². The first-order valence-corrected chi connectivity index (χ1v) is 6.70. The summed E-state index contributed by atoms with van der Waals surface area (Å²) in [5.74, 6) is 1.56. The van der Waals surface area contributed by atoms with Gasteiger partial charge in [0.05, 0.1) is 12.8 Å². The molecule has 1 aliphatic heterocycles. The standard InChI is InChI=1S/C14H17N3O3/c1-11-9-13(15-20-11)14(18)17-6-4-16(5-7-17)10-12-3-2-8-19-12/h2-3,8-9H,4-7,10H2,1H3. The molecule has 0 unspecified atom stereocenters. The Morgan fingerprint density at radius 3 is 2.75 bits per heavy atom. The minimum Gasteiger partial charge on any atom is -0.468 e. The Labute approximate surface area is 116 Å². The molecule has 106 valence electrons. The third-order valence-corrected chi connectivity index (χ3v) is 3.47. The molecule has 1 aliphatic rings. The van der Waals surface area contributed by atoms with Gasteiger partial charge in [0.2, 0.25) is 0 Å². The van der Waals surface area contributed by atoms with Crippen LogP contribution in [0, 0.1) is 6.92 Å². The second-order valence-electron chi connectivity index (χ2n) is 4.97. The molecule has 2 aromatic heterocycles.